The van der Waals surface area contributed by atoms with Crippen LogP contribution in [0.4, 0.5) is 0 Å². The number of hydrogen-bond donors (Lipinski definition) is 2. The standard InChI is InChI=1S/C17H27NO2/c1-2-3-4-5-6-7-8-9-10-15-11-12-17(19)16(13-15)14-18-20/h11-14,19-20H,2-10H2,1H3/b18-14-. The molecule has 0 fully saturated rings. The van der Waals surface area contributed by atoms with Crippen molar-refractivity contribution < 1.29 is 10.3 Å². The molecule has 1 aromatic rings. The monoisotopic (exact) mass is 277 g/mol. The largest absolute Gasteiger partial charge is 0.507 e. The molecule has 2 N–H and O–H groups in total. The van der Waals surface area contributed by atoms with Crippen LogP contribution >= 0.6 is 0 Å². The van der Waals surface area contributed by atoms with Gasteiger partial charge in [-0.3, -0.25) is 0 Å². The van der Waals surface area contributed by atoms with Crippen LogP contribution in [0.15, 0.2) is 23.4 Å². The van der Waals surface area contributed by atoms with Crippen LogP contribution in [0.25, 0.3) is 0 Å². The normalized spacial score (nSPS) is 11.2. The topological polar surface area (TPSA) is 52.8 Å². The van der Waals surface area contributed by atoms with Gasteiger partial charge in [0, 0.05) is 5.56 Å². The van der Waals surface area contributed by atoms with Gasteiger partial charge in [-0.05, 0) is 30.5 Å². The van der Waals surface area contributed by atoms with Crippen molar-refractivity contribution in [3.8, 4) is 5.75 Å². The fourth-order valence-corrected chi connectivity index (χ4v) is 2.39. The van der Waals surface area contributed by atoms with E-state index in [9.17, 15) is 5.11 Å². The summed E-state index contributed by atoms with van der Waals surface area (Å²) in [5, 5.41) is 21.1. The van der Waals surface area contributed by atoms with Crippen molar-refractivity contribution in [2.75, 3.05) is 0 Å². The van der Waals surface area contributed by atoms with Crippen LogP contribution in [-0.2, 0) is 6.42 Å². The van der Waals surface area contributed by atoms with Crippen LogP contribution in [0, 0.1) is 0 Å². The molecule has 112 valence electrons. The van der Waals surface area contributed by atoms with Crippen LogP contribution < -0.4 is 0 Å². The van der Waals surface area contributed by atoms with E-state index in [4.69, 9.17) is 5.21 Å². The third-order valence-corrected chi connectivity index (χ3v) is 3.61. The highest BCUT2D eigenvalue weighted by atomic mass is 16.4. The molecule has 20 heavy (non-hydrogen) atoms. The smallest absolute Gasteiger partial charge is 0.124 e. The van der Waals surface area contributed by atoms with Gasteiger partial charge >= 0.3 is 0 Å². The third kappa shape index (κ3) is 6.60. The number of aryl methyl sites for hydroxylation is 1. The minimum Gasteiger partial charge on any atom is -0.507 e. The number of aromatic hydroxyl groups is 1. The number of rotatable bonds is 10. The van der Waals surface area contributed by atoms with E-state index in [1.54, 1.807) is 6.07 Å². The Hall–Kier alpha value is -1.51. The number of phenols is 1. The van der Waals surface area contributed by atoms with Crippen molar-refractivity contribution in [2.45, 2.75) is 64.7 Å². The van der Waals surface area contributed by atoms with Crippen LogP contribution in [0.5, 0.6) is 5.75 Å². The maximum absolute atomic E-state index is 9.58. The summed E-state index contributed by atoms with van der Waals surface area (Å²) in [6.07, 6.45) is 12.8. The molecule has 0 unspecified atom stereocenters. The molecule has 0 amide bonds. The Balaban J connectivity index is 2.20. The van der Waals surface area contributed by atoms with Gasteiger partial charge in [-0.1, -0.05) is 63.1 Å². The van der Waals surface area contributed by atoms with E-state index in [2.05, 4.69) is 12.1 Å². The first-order valence-corrected chi connectivity index (χ1v) is 7.77. The Morgan fingerprint density at radius 2 is 1.65 bits per heavy atom. The van der Waals surface area contributed by atoms with Crippen molar-refractivity contribution in [2.24, 2.45) is 5.16 Å². The number of hydrogen-bond acceptors (Lipinski definition) is 3. The van der Waals surface area contributed by atoms with E-state index in [1.807, 2.05) is 12.1 Å². The first-order chi connectivity index (χ1) is 9.77. The van der Waals surface area contributed by atoms with Crippen molar-refractivity contribution in [1.29, 1.82) is 0 Å². The van der Waals surface area contributed by atoms with E-state index < -0.39 is 0 Å². The van der Waals surface area contributed by atoms with Crippen LogP contribution in [0.1, 0.15) is 69.4 Å². The van der Waals surface area contributed by atoms with E-state index in [1.165, 1.54) is 63.1 Å². The first-order valence-electron chi connectivity index (χ1n) is 7.77. The Kier molecular flexibility index (Phi) is 8.52. The predicted molar refractivity (Wildman–Crippen MR) is 83.8 cm³/mol. The molecule has 1 rings (SSSR count). The molecule has 0 aliphatic rings. The Labute approximate surface area is 122 Å². The number of benzene rings is 1. The van der Waals surface area contributed by atoms with Gasteiger partial charge in [-0.25, -0.2) is 0 Å². The van der Waals surface area contributed by atoms with Gasteiger partial charge in [0.25, 0.3) is 0 Å². The molecule has 0 spiro atoms. The highest BCUT2D eigenvalue weighted by molar-refractivity contribution is 5.83. The summed E-state index contributed by atoms with van der Waals surface area (Å²) in [7, 11) is 0. The van der Waals surface area contributed by atoms with Crippen molar-refractivity contribution in [3.63, 3.8) is 0 Å². The van der Waals surface area contributed by atoms with Gasteiger partial charge in [0.1, 0.15) is 5.75 Å². The van der Waals surface area contributed by atoms with Crippen LogP contribution in [0.3, 0.4) is 0 Å². The SMILES string of the molecule is CCCCCCCCCCc1ccc(O)c(/C=N\O)c1. The van der Waals surface area contributed by atoms with Crippen molar-refractivity contribution in [1.82, 2.24) is 0 Å². The second-order valence-electron chi connectivity index (χ2n) is 5.36. The van der Waals surface area contributed by atoms with Crippen molar-refractivity contribution in [3.05, 3.63) is 29.3 Å². The van der Waals surface area contributed by atoms with E-state index >= 15 is 0 Å². The summed E-state index contributed by atoms with van der Waals surface area (Å²) in [5.74, 6) is 0.155. The molecule has 0 aliphatic carbocycles. The van der Waals surface area contributed by atoms with E-state index in [-0.39, 0.29) is 5.75 Å². The van der Waals surface area contributed by atoms with Gasteiger partial charge in [-0.15, -0.1) is 0 Å². The van der Waals surface area contributed by atoms with Crippen LogP contribution in [-0.4, -0.2) is 16.5 Å². The quantitative estimate of drug-likeness (QED) is 0.277. The summed E-state index contributed by atoms with van der Waals surface area (Å²) in [6, 6.07) is 5.48. The number of unbranched alkanes of at least 4 members (excludes halogenated alkanes) is 7. The molecule has 3 heteroatoms. The van der Waals surface area contributed by atoms with Gasteiger partial charge in [0.2, 0.25) is 0 Å². The second-order valence-corrected chi connectivity index (χ2v) is 5.36. The third-order valence-electron chi connectivity index (χ3n) is 3.61. The molecule has 0 saturated carbocycles. The van der Waals surface area contributed by atoms with Gasteiger partial charge < -0.3 is 10.3 Å². The summed E-state index contributed by atoms with van der Waals surface area (Å²) in [5.41, 5.74) is 1.76. The molecule has 0 saturated heterocycles. The molecule has 0 aromatic heterocycles. The Morgan fingerprint density at radius 1 is 1.00 bits per heavy atom. The van der Waals surface area contributed by atoms with Crippen molar-refractivity contribution >= 4 is 6.21 Å². The minimum absolute atomic E-state index is 0.155. The zero-order chi connectivity index (χ0) is 14.6. The maximum atomic E-state index is 9.58. The maximum Gasteiger partial charge on any atom is 0.124 e. The lowest BCUT2D eigenvalue weighted by Crippen LogP contribution is -1.90. The van der Waals surface area contributed by atoms with Crippen LogP contribution in [0.2, 0.25) is 0 Å². The van der Waals surface area contributed by atoms with Gasteiger partial charge in [-0.2, -0.15) is 0 Å². The second kappa shape index (κ2) is 10.3. The zero-order valence-corrected chi connectivity index (χ0v) is 12.5. The Morgan fingerprint density at radius 3 is 2.30 bits per heavy atom. The molecule has 0 heterocycles. The highest BCUT2D eigenvalue weighted by Gasteiger charge is 2.01. The lowest BCUT2D eigenvalue weighted by Gasteiger charge is -2.05. The lowest BCUT2D eigenvalue weighted by molar-refractivity contribution is 0.321. The molecule has 0 atom stereocenters. The van der Waals surface area contributed by atoms with E-state index in [0.29, 0.717) is 5.56 Å². The fourth-order valence-electron chi connectivity index (χ4n) is 2.39. The summed E-state index contributed by atoms with van der Waals surface area (Å²) < 4.78 is 0. The molecule has 0 radical (unpaired) electrons. The summed E-state index contributed by atoms with van der Waals surface area (Å²) >= 11 is 0. The summed E-state index contributed by atoms with van der Waals surface area (Å²) in [6.45, 7) is 2.24. The first kappa shape index (κ1) is 16.5. The zero-order valence-electron chi connectivity index (χ0n) is 12.5. The molecule has 0 aliphatic heterocycles. The molecule has 3 nitrogen and oxygen atoms in total. The average Bonchev–Trinajstić information content (AvgIpc) is 2.45. The van der Waals surface area contributed by atoms with E-state index in [0.717, 1.165) is 6.42 Å². The Bertz CT molecular complexity index is 402. The minimum atomic E-state index is 0.155. The number of oxime groups is 1. The molecule has 0 bridgehead atoms. The molecular formula is C17H27NO2. The molecular weight excluding hydrogens is 250 g/mol. The number of nitrogens with zero attached hydrogens (tertiary/aromatic N) is 1. The predicted octanol–water partition coefficient (Wildman–Crippen LogP) is 4.88. The molecule has 1 aromatic carbocycles. The fraction of sp³-hybridized carbons (Fsp3) is 0.588. The lowest BCUT2D eigenvalue weighted by atomic mass is 10.0. The average molecular weight is 277 g/mol. The highest BCUT2D eigenvalue weighted by Crippen LogP contribution is 2.18. The number of phenolic OH excluding ortho intramolecular Hbond substituents is 1. The van der Waals surface area contributed by atoms with Gasteiger partial charge in [0.15, 0.2) is 0 Å². The van der Waals surface area contributed by atoms with Gasteiger partial charge in [0.05, 0.1) is 6.21 Å². The summed E-state index contributed by atoms with van der Waals surface area (Å²) in [4.78, 5) is 0.